The lowest BCUT2D eigenvalue weighted by Crippen LogP contribution is -2.28. The van der Waals surface area contributed by atoms with E-state index in [9.17, 15) is 23.1 Å². The minimum Gasteiger partial charge on any atom is -0.386 e. The molecule has 3 nitrogen and oxygen atoms in total. The topological polar surface area (TPSA) is 49.3 Å². The molecule has 1 unspecified atom stereocenters. The van der Waals surface area contributed by atoms with Gasteiger partial charge in [0.1, 0.15) is 23.6 Å². The molecule has 24 heavy (non-hydrogen) atoms. The van der Waals surface area contributed by atoms with Crippen LogP contribution in [0.4, 0.5) is 13.2 Å². The van der Waals surface area contributed by atoms with Gasteiger partial charge in [-0.15, -0.1) is 0 Å². The van der Waals surface area contributed by atoms with Crippen molar-refractivity contribution in [2.45, 2.75) is 12.5 Å². The maximum atomic E-state index is 13.5. The second kappa shape index (κ2) is 8.31. The Morgan fingerprint density at radius 1 is 1.04 bits per heavy atom. The van der Waals surface area contributed by atoms with Gasteiger partial charge in [0.05, 0.1) is 5.56 Å². The number of amides is 1. The zero-order valence-corrected chi connectivity index (χ0v) is 12.7. The minimum absolute atomic E-state index is 0.0548. The van der Waals surface area contributed by atoms with Crippen LogP contribution < -0.4 is 5.32 Å². The van der Waals surface area contributed by atoms with Gasteiger partial charge in [-0.3, -0.25) is 4.79 Å². The van der Waals surface area contributed by atoms with Crippen molar-refractivity contribution in [2.24, 2.45) is 0 Å². The smallest absolute Gasteiger partial charge is 0.223 e. The van der Waals surface area contributed by atoms with Gasteiger partial charge in [0, 0.05) is 18.5 Å². The first kappa shape index (κ1) is 17.7. The summed E-state index contributed by atoms with van der Waals surface area (Å²) in [6.45, 7) is -0.329. The molecule has 2 N–H and O–H groups in total. The van der Waals surface area contributed by atoms with Crippen LogP contribution in [0.2, 0.25) is 0 Å². The molecule has 0 aliphatic carbocycles. The first-order chi connectivity index (χ1) is 11.5. The van der Waals surface area contributed by atoms with Crippen molar-refractivity contribution in [3.05, 3.63) is 77.1 Å². The Hall–Kier alpha value is -2.60. The van der Waals surface area contributed by atoms with Crippen LogP contribution in [0.3, 0.4) is 0 Å². The van der Waals surface area contributed by atoms with Crippen LogP contribution in [0.25, 0.3) is 6.08 Å². The molecule has 0 aliphatic rings. The Morgan fingerprint density at radius 3 is 2.33 bits per heavy atom. The normalized spacial score (nSPS) is 12.3. The van der Waals surface area contributed by atoms with E-state index in [1.54, 1.807) is 18.2 Å². The molecule has 0 aliphatic heterocycles. The summed E-state index contributed by atoms with van der Waals surface area (Å²) in [6, 6.07) is 9.34. The van der Waals surface area contributed by atoms with E-state index in [1.165, 1.54) is 24.3 Å². The SMILES string of the molecule is O=C(C/C=C/c1ccccc1F)NCC(O)c1c(F)cccc1F. The number of hydrogen-bond donors (Lipinski definition) is 2. The molecule has 1 amide bonds. The first-order valence-corrected chi connectivity index (χ1v) is 7.28. The van der Waals surface area contributed by atoms with Crippen molar-refractivity contribution in [3.8, 4) is 0 Å². The lowest BCUT2D eigenvalue weighted by Gasteiger charge is -2.13. The average molecular weight is 335 g/mol. The third kappa shape index (κ3) is 4.70. The second-order valence-corrected chi connectivity index (χ2v) is 5.08. The van der Waals surface area contributed by atoms with Gasteiger partial charge in [-0.05, 0) is 18.2 Å². The van der Waals surface area contributed by atoms with Gasteiger partial charge in [0.2, 0.25) is 5.91 Å². The summed E-state index contributed by atoms with van der Waals surface area (Å²) in [5.74, 6) is -2.62. The van der Waals surface area contributed by atoms with Crippen LogP contribution in [0.15, 0.2) is 48.5 Å². The number of nitrogens with one attached hydrogen (secondary N) is 1. The summed E-state index contributed by atoms with van der Waals surface area (Å²) >= 11 is 0. The largest absolute Gasteiger partial charge is 0.386 e. The molecule has 0 spiro atoms. The highest BCUT2D eigenvalue weighted by atomic mass is 19.1. The maximum Gasteiger partial charge on any atom is 0.223 e. The lowest BCUT2D eigenvalue weighted by atomic mass is 10.1. The van der Waals surface area contributed by atoms with Gasteiger partial charge in [0.25, 0.3) is 0 Å². The van der Waals surface area contributed by atoms with Crippen LogP contribution in [0.5, 0.6) is 0 Å². The van der Waals surface area contributed by atoms with Crippen LogP contribution in [-0.4, -0.2) is 17.6 Å². The standard InChI is InChI=1S/C18H16F3NO2/c19-13-7-2-1-5-12(13)6-3-10-17(24)22-11-16(23)18-14(20)8-4-9-15(18)21/h1-9,16,23H,10-11H2,(H,22,24)/b6-3+. The Balaban J connectivity index is 1.86. The fourth-order valence-corrected chi connectivity index (χ4v) is 2.12. The third-order valence-electron chi connectivity index (χ3n) is 3.33. The van der Waals surface area contributed by atoms with Gasteiger partial charge in [-0.1, -0.05) is 36.4 Å². The number of rotatable bonds is 6. The van der Waals surface area contributed by atoms with E-state index < -0.39 is 35.0 Å². The molecule has 1 atom stereocenters. The summed E-state index contributed by atoms with van der Waals surface area (Å²) in [7, 11) is 0. The number of halogens is 3. The van der Waals surface area contributed by atoms with E-state index in [4.69, 9.17) is 0 Å². The molecule has 0 radical (unpaired) electrons. The van der Waals surface area contributed by atoms with Crippen molar-refractivity contribution >= 4 is 12.0 Å². The zero-order chi connectivity index (χ0) is 17.5. The number of carbonyl (C=O) groups excluding carboxylic acids is 1. The van der Waals surface area contributed by atoms with E-state index in [1.807, 2.05) is 0 Å². The second-order valence-electron chi connectivity index (χ2n) is 5.08. The van der Waals surface area contributed by atoms with Crippen LogP contribution in [0.1, 0.15) is 23.7 Å². The predicted octanol–water partition coefficient (Wildman–Crippen LogP) is 3.36. The lowest BCUT2D eigenvalue weighted by molar-refractivity contribution is -0.120. The van der Waals surface area contributed by atoms with Gasteiger partial charge in [-0.2, -0.15) is 0 Å². The van der Waals surface area contributed by atoms with Gasteiger partial charge < -0.3 is 10.4 Å². The molecule has 2 rings (SSSR count). The van der Waals surface area contributed by atoms with Crippen molar-refractivity contribution in [3.63, 3.8) is 0 Å². The molecule has 0 aromatic heterocycles. The van der Waals surface area contributed by atoms with E-state index in [0.29, 0.717) is 5.56 Å². The summed E-state index contributed by atoms with van der Waals surface area (Å²) in [6.07, 6.45) is 1.37. The third-order valence-corrected chi connectivity index (χ3v) is 3.33. The Kier molecular flexibility index (Phi) is 6.14. The molecule has 2 aromatic carbocycles. The van der Waals surface area contributed by atoms with E-state index in [0.717, 1.165) is 12.1 Å². The number of carbonyl (C=O) groups is 1. The number of hydrogen-bond acceptors (Lipinski definition) is 2. The number of aliphatic hydroxyl groups is 1. The van der Waals surface area contributed by atoms with Crippen molar-refractivity contribution in [1.29, 1.82) is 0 Å². The highest BCUT2D eigenvalue weighted by Crippen LogP contribution is 2.19. The minimum atomic E-state index is -1.49. The van der Waals surface area contributed by atoms with Gasteiger partial charge >= 0.3 is 0 Å². The van der Waals surface area contributed by atoms with Crippen molar-refractivity contribution in [1.82, 2.24) is 5.32 Å². The Morgan fingerprint density at radius 2 is 1.67 bits per heavy atom. The molecule has 0 fully saturated rings. The highest BCUT2D eigenvalue weighted by Gasteiger charge is 2.18. The predicted molar refractivity (Wildman–Crippen MR) is 84.4 cm³/mol. The van der Waals surface area contributed by atoms with Gasteiger partial charge in [-0.25, -0.2) is 13.2 Å². The summed E-state index contributed by atoms with van der Waals surface area (Å²) in [5.41, 5.74) is -0.140. The average Bonchev–Trinajstić information content (AvgIpc) is 2.54. The van der Waals surface area contributed by atoms with Crippen LogP contribution in [-0.2, 0) is 4.79 Å². The molecule has 2 aromatic rings. The Labute approximate surface area is 137 Å². The van der Waals surface area contributed by atoms with Gasteiger partial charge in [0.15, 0.2) is 0 Å². The van der Waals surface area contributed by atoms with Crippen LogP contribution in [0, 0.1) is 17.5 Å². The molecule has 6 heteroatoms. The molecule has 126 valence electrons. The number of benzene rings is 2. The molecule has 0 saturated carbocycles. The zero-order valence-electron chi connectivity index (χ0n) is 12.7. The van der Waals surface area contributed by atoms with E-state index in [2.05, 4.69) is 5.32 Å². The van der Waals surface area contributed by atoms with Crippen LogP contribution >= 0.6 is 0 Å². The molecule has 0 bridgehead atoms. The highest BCUT2D eigenvalue weighted by molar-refractivity contribution is 5.78. The molecule has 0 saturated heterocycles. The fraction of sp³-hybridized carbons (Fsp3) is 0.167. The monoisotopic (exact) mass is 335 g/mol. The molecular weight excluding hydrogens is 319 g/mol. The molecule has 0 heterocycles. The van der Waals surface area contributed by atoms with Crippen molar-refractivity contribution < 1.29 is 23.1 Å². The summed E-state index contributed by atoms with van der Waals surface area (Å²) in [5, 5.41) is 12.2. The fourth-order valence-electron chi connectivity index (χ4n) is 2.12. The quantitative estimate of drug-likeness (QED) is 0.850. The Bertz CT molecular complexity index is 727. The maximum absolute atomic E-state index is 13.5. The number of aliphatic hydroxyl groups excluding tert-OH is 1. The molecular formula is C18H16F3NO2. The summed E-state index contributed by atoms with van der Waals surface area (Å²) in [4.78, 5) is 11.7. The first-order valence-electron chi connectivity index (χ1n) is 7.28. The van der Waals surface area contributed by atoms with E-state index >= 15 is 0 Å². The summed E-state index contributed by atoms with van der Waals surface area (Å²) < 4.78 is 40.4. The van der Waals surface area contributed by atoms with Crippen molar-refractivity contribution in [2.75, 3.05) is 6.54 Å². The van der Waals surface area contributed by atoms with E-state index in [-0.39, 0.29) is 13.0 Å².